The summed E-state index contributed by atoms with van der Waals surface area (Å²) in [7, 11) is 0. The fourth-order valence-corrected chi connectivity index (χ4v) is 3.28. The minimum Gasteiger partial charge on any atom is -0.196 e. The van der Waals surface area contributed by atoms with Gasteiger partial charge >= 0.3 is 0 Å². The molecule has 0 nitrogen and oxygen atoms in total. The third kappa shape index (κ3) is 4.48. The van der Waals surface area contributed by atoms with Crippen LogP contribution >= 0.6 is 0 Å². The summed E-state index contributed by atoms with van der Waals surface area (Å²) in [4.78, 5) is 0. The Morgan fingerprint density at radius 2 is 1.80 bits per heavy atom. The highest BCUT2D eigenvalue weighted by Gasteiger charge is 2.47. The summed E-state index contributed by atoms with van der Waals surface area (Å²) in [5.41, 5.74) is 2.81. The number of allylic oxidation sites excluding steroid dienone is 11. The molecular formula is C23H32F2. The molecule has 2 heteroatoms. The van der Waals surface area contributed by atoms with Crippen molar-refractivity contribution in [2.45, 2.75) is 60.3 Å². The maximum absolute atomic E-state index is 15.2. The second-order valence-corrected chi connectivity index (χ2v) is 6.96. The van der Waals surface area contributed by atoms with Crippen LogP contribution in [0.25, 0.3) is 0 Å². The van der Waals surface area contributed by atoms with Gasteiger partial charge in [0.1, 0.15) is 0 Å². The van der Waals surface area contributed by atoms with Gasteiger partial charge in [0.2, 0.25) is 0 Å². The molecule has 0 saturated carbocycles. The number of alkyl halides is 2. The van der Waals surface area contributed by atoms with Crippen molar-refractivity contribution in [1.82, 2.24) is 0 Å². The fourth-order valence-electron chi connectivity index (χ4n) is 3.28. The van der Waals surface area contributed by atoms with Crippen LogP contribution in [-0.4, -0.2) is 5.92 Å². The summed E-state index contributed by atoms with van der Waals surface area (Å²) in [5, 5.41) is 0. The van der Waals surface area contributed by atoms with Crippen LogP contribution in [0.2, 0.25) is 0 Å². The van der Waals surface area contributed by atoms with Gasteiger partial charge in [-0.05, 0) is 56.6 Å². The van der Waals surface area contributed by atoms with Crippen molar-refractivity contribution in [3.05, 3.63) is 70.9 Å². The van der Waals surface area contributed by atoms with E-state index in [1.807, 2.05) is 19.9 Å². The molecule has 0 bridgehead atoms. The zero-order valence-electron chi connectivity index (χ0n) is 16.5. The van der Waals surface area contributed by atoms with E-state index < -0.39 is 5.92 Å². The van der Waals surface area contributed by atoms with E-state index >= 15 is 8.78 Å². The highest BCUT2D eigenvalue weighted by Crippen LogP contribution is 2.51. The second kappa shape index (κ2) is 9.12. The van der Waals surface area contributed by atoms with E-state index in [0.717, 1.165) is 11.1 Å². The Balaban J connectivity index is 3.78. The lowest BCUT2D eigenvalue weighted by Crippen LogP contribution is -2.18. The predicted molar refractivity (Wildman–Crippen MR) is 106 cm³/mol. The molecule has 0 aromatic rings. The van der Waals surface area contributed by atoms with Gasteiger partial charge in [-0.2, -0.15) is 8.78 Å². The minimum atomic E-state index is -2.95. The van der Waals surface area contributed by atoms with Gasteiger partial charge in [0.15, 0.2) is 0 Å². The summed E-state index contributed by atoms with van der Waals surface area (Å²) < 4.78 is 30.3. The molecule has 138 valence electrons. The van der Waals surface area contributed by atoms with E-state index in [2.05, 4.69) is 33.4 Å². The summed E-state index contributed by atoms with van der Waals surface area (Å²) >= 11 is 0. The van der Waals surface area contributed by atoms with Crippen molar-refractivity contribution in [3.63, 3.8) is 0 Å². The number of rotatable bonds is 7. The molecule has 0 saturated heterocycles. The zero-order chi connectivity index (χ0) is 19.2. The highest BCUT2D eigenvalue weighted by molar-refractivity contribution is 5.66. The molecule has 1 aliphatic rings. The molecule has 25 heavy (non-hydrogen) atoms. The van der Waals surface area contributed by atoms with Gasteiger partial charge in [0.05, 0.1) is 0 Å². The Bertz CT molecular complexity index is 637. The highest BCUT2D eigenvalue weighted by atomic mass is 19.3. The summed E-state index contributed by atoms with van der Waals surface area (Å²) in [5.74, 6) is -2.33. The lowest BCUT2D eigenvalue weighted by atomic mass is 9.82. The molecule has 0 aromatic heterocycles. The monoisotopic (exact) mass is 346 g/mol. The van der Waals surface area contributed by atoms with Gasteiger partial charge in [-0.3, -0.25) is 0 Å². The first-order valence-electron chi connectivity index (χ1n) is 9.12. The molecule has 0 radical (unpaired) electrons. The zero-order valence-corrected chi connectivity index (χ0v) is 16.5. The number of hydrogen-bond donors (Lipinski definition) is 0. The average molecular weight is 347 g/mol. The lowest BCUT2D eigenvalue weighted by molar-refractivity contribution is 0.0943. The van der Waals surface area contributed by atoms with Crippen molar-refractivity contribution in [3.8, 4) is 0 Å². The second-order valence-electron chi connectivity index (χ2n) is 6.96. The Morgan fingerprint density at radius 3 is 2.28 bits per heavy atom. The quantitative estimate of drug-likeness (QED) is 0.417. The Kier molecular flexibility index (Phi) is 7.79. The third-order valence-corrected chi connectivity index (χ3v) is 4.99. The molecule has 0 N–H and O–H groups in total. The van der Waals surface area contributed by atoms with Crippen LogP contribution < -0.4 is 0 Å². The first kappa shape index (κ1) is 21.3. The Morgan fingerprint density at radius 1 is 1.16 bits per heavy atom. The van der Waals surface area contributed by atoms with Crippen molar-refractivity contribution >= 4 is 0 Å². The standard InChI is InChI=1S/C23H32F2/c1-8-11-14-19(17(6)16(4)5)22-18(7)20(13-10-3)23(24,25)21(22)15-12-9-2/h8-11,13,15-17H,2,12,14H2,1,3-7H3/b11-8-,13-10-,21-15?,22-19+. The molecule has 0 fully saturated rings. The van der Waals surface area contributed by atoms with E-state index in [1.54, 1.807) is 31.2 Å². The maximum Gasteiger partial charge on any atom is 0.299 e. The summed E-state index contributed by atoms with van der Waals surface area (Å²) in [6.07, 6.45) is 11.7. The van der Waals surface area contributed by atoms with E-state index in [1.165, 1.54) is 0 Å². The van der Waals surface area contributed by atoms with Crippen molar-refractivity contribution in [1.29, 1.82) is 0 Å². The molecular weight excluding hydrogens is 314 g/mol. The van der Waals surface area contributed by atoms with E-state index in [-0.39, 0.29) is 17.1 Å². The molecule has 0 heterocycles. The largest absolute Gasteiger partial charge is 0.299 e. The van der Waals surface area contributed by atoms with Gasteiger partial charge in [0, 0.05) is 11.1 Å². The van der Waals surface area contributed by atoms with Crippen LogP contribution in [-0.2, 0) is 0 Å². The van der Waals surface area contributed by atoms with Crippen molar-refractivity contribution in [2.75, 3.05) is 0 Å². The van der Waals surface area contributed by atoms with Gasteiger partial charge in [-0.1, -0.05) is 62.8 Å². The molecule has 1 rings (SSSR count). The van der Waals surface area contributed by atoms with Gasteiger partial charge in [0.25, 0.3) is 5.92 Å². The third-order valence-electron chi connectivity index (χ3n) is 4.99. The molecule has 0 spiro atoms. The van der Waals surface area contributed by atoms with Crippen LogP contribution in [0.15, 0.2) is 70.9 Å². The molecule has 0 aromatic carbocycles. The van der Waals surface area contributed by atoms with Gasteiger partial charge in [-0.25, -0.2) is 0 Å². The Hall–Kier alpha value is -1.70. The molecule has 0 amide bonds. The summed E-state index contributed by atoms with van der Waals surface area (Å²) in [6.45, 7) is 15.7. The molecule has 0 aliphatic heterocycles. The summed E-state index contributed by atoms with van der Waals surface area (Å²) in [6, 6.07) is 0. The van der Waals surface area contributed by atoms with Crippen molar-refractivity contribution in [2.24, 2.45) is 11.8 Å². The SMILES string of the molecule is C=CCC=C1/C(=C(\C/C=C\C)C(C)C(C)C)C(C)=C(/C=C\C)C1(F)F. The van der Waals surface area contributed by atoms with Crippen LogP contribution in [0.3, 0.4) is 0 Å². The first-order valence-corrected chi connectivity index (χ1v) is 9.12. The topological polar surface area (TPSA) is 0 Å². The normalized spacial score (nSPS) is 22.7. The number of hydrogen-bond acceptors (Lipinski definition) is 0. The van der Waals surface area contributed by atoms with E-state index in [4.69, 9.17) is 0 Å². The van der Waals surface area contributed by atoms with Gasteiger partial charge in [-0.15, -0.1) is 6.58 Å². The predicted octanol–water partition coefficient (Wildman–Crippen LogP) is 7.59. The average Bonchev–Trinajstić information content (AvgIpc) is 2.74. The van der Waals surface area contributed by atoms with Crippen molar-refractivity contribution < 1.29 is 8.78 Å². The van der Waals surface area contributed by atoms with Crippen LogP contribution in [0.4, 0.5) is 8.78 Å². The van der Waals surface area contributed by atoms with Crippen LogP contribution in [0.1, 0.15) is 54.4 Å². The minimum absolute atomic E-state index is 0.120. The fraction of sp³-hybridized carbons (Fsp3) is 0.478. The van der Waals surface area contributed by atoms with Crippen LogP contribution in [0.5, 0.6) is 0 Å². The maximum atomic E-state index is 15.2. The number of halogens is 2. The first-order chi connectivity index (χ1) is 11.7. The Labute approximate surface area is 152 Å². The molecule has 1 unspecified atom stereocenters. The molecule has 1 aliphatic carbocycles. The smallest absolute Gasteiger partial charge is 0.196 e. The van der Waals surface area contributed by atoms with E-state index in [0.29, 0.717) is 24.3 Å². The molecule has 1 atom stereocenters. The van der Waals surface area contributed by atoms with E-state index in [9.17, 15) is 0 Å². The van der Waals surface area contributed by atoms with Crippen LogP contribution in [0, 0.1) is 11.8 Å². The van der Waals surface area contributed by atoms with Gasteiger partial charge < -0.3 is 0 Å². The lowest BCUT2D eigenvalue weighted by Gasteiger charge is -2.24.